The number of piperidine rings is 1. The third kappa shape index (κ3) is 3.09. The predicted molar refractivity (Wildman–Crippen MR) is 65.2 cm³/mol. The molecule has 1 aliphatic heterocycles. The molecule has 1 aromatic rings. The molecule has 0 aromatic carbocycles. The minimum Gasteiger partial charge on any atom is -0.301 e. The number of rotatable bonds is 3. The fraction of sp³-hybridized carbons (Fsp3) is 0.727. The van der Waals surface area contributed by atoms with Crippen molar-refractivity contribution in [1.29, 1.82) is 0 Å². The van der Waals surface area contributed by atoms with Crippen LogP contribution < -0.4 is 5.46 Å². The van der Waals surface area contributed by atoms with Crippen LogP contribution in [0, 0.1) is 5.92 Å². The van der Waals surface area contributed by atoms with E-state index in [9.17, 15) is 0 Å². The smallest absolute Gasteiger partial charge is 0.143 e. The van der Waals surface area contributed by atoms with Crippen molar-refractivity contribution in [2.75, 3.05) is 19.6 Å². The van der Waals surface area contributed by atoms with Gasteiger partial charge in [-0.2, -0.15) is 5.10 Å². The summed E-state index contributed by atoms with van der Waals surface area (Å²) in [5.41, 5.74) is 1.25. The van der Waals surface area contributed by atoms with Gasteiger partial charge in [-0.3, -0.25) is 4.68 Å². The van der Waals surface area contributed by atoms with Gasteiger partial charge in [-0.15, -0.1) is 0 Å². The second-order valence-corrected chi connectivity index (χ2v) is 4.83. The molecule has 0 bridgehead atoms. The topological polar surface area (TPSA) is 21.1 Å². The molecule has 2 heterocycles. The van der Waals surface area contributed by atoms with Gasteiger partial charge in [0.1, 0.15) is 7.85 Å². The zero-order valence-electron chi connectivity index (χ0n) is 9.82. The van der Waals surface area contributed by atoms with Crippen molar-refractivity contribution in [2.45, 2.75) is 26.3 Å². The molecule has 3 nitrogen and oxygen atoms in total. The van der Waals surface area contributed by atoms with E-state index in [2.05, 4.69) is 35.6 Å². The van der Waals surface area contributed by atoms with Crippen molar-refractivity contribution in [1.82, 2.24) is 14.7 Å². The van der Waals surface area contributed by atoms with Crippen LogP contribution in [0.15, 0.2) is 12.4 Å². The second kappa shape index (κ2) is 4.84. The fourth-order valence-corrected chi connectivity index (χ4v) is 2.32. The monoisotopic (exact) mass is 205 g/mol. The molecule has 0 unspecified atom stereocenters. The Morgan fingerprint density at radius 2 is 2.40 bits per heavy atom. The quantitative estimate of drug-likeness (QED) is 0.641. The van der Waals surface area contributed by atoms with Gasteiger partial charge in [0.2, 0.25) is 0 Å². The normalized spacial score (nSPS) is 23.1. The SMILES string of the molecule is Bc1cnn(CCN2CCC[C@@H](C)C2)c1. The van der Waals surface area contributed by atoms with Crippen LogP contribution in [0.3, 0.4) is 0 Å². The Bertz CT molecular complexity index is 311. The first-order valence-corrected chi connectivity index (χ1v) is 5.95. The van der Waals surface area contributed by atoms with Gasteiger partial charge in [0.25, 0.3) is 0 Å². The maximum Gasteiger partial charge on any atom is 0.143 e. The summed E-state index contributed by atoms with van der Waals surface area (Å²) in [5.74, 6) is 0.873. The maximum atomic E-state index is 4.31. The zero-order valence-corrected chi connectivity index (χ0v) is 9.82. The molecular weight excluding hydrogens is 185 g/mol. The van der Waals surface area contributed by atoms with Crippen molar-refractivity contribution < 1.29 is 0 Å². The Morgan fingerprint density at radius 3 is 3.07 bits per heavy atom. The molecule has 1 fully saturated rings. The van der Waals surface area contributed by atoms with E-state index in [1.54, 1.807) is 0 Å². The number of likely N-dealkylation sites (tertiary alicyclic amines) is 1. The molecule has 15 heavy (non-hydrogen) atoms. The first-order valence-electron chi connectivity index (χ1n) is 5.95. The zero-order chi connectivity index (χ0) is 10.7. The molecule has 0 aliphatic carbocycles. The maximum absolute atomic E-state index is 4.31. The second-order valence-electron chi connectivity index (χ2n) is 4.83. The van der Waals surface area contributed by atoms with Gasteiger partial charge in [-0.25, -0.2) is 0 Å². The minimum atomic E-state index is 0.873. The Morgan fingerprint density at radius 1 is 1.53 bits per heavy atom. The highest BCUT2D eigenvalue weighted by Gasteiger charge is 2.15. The van der Waals surface area contributed by atoms with Crippen molar-refractivity contribution in [3.63, 3.8) is 0 Å². The summed E-state index contributed by atoms with van der Waals surface area (Å²) in [7, 11) is 2.09. The first kappa shape index (κ1) is 10.7. The van der Waals surface area contributed by atoms with E-state index in [-0.39, 0.29) is 0 Å². The summed E-state index contributed by atoms with van der Waals surface area (Å²) in [6.07, 6.45) is 6.81. The van der Waals surface area contributed by atoms with Gasteiger partial charge in [0.05, 0.1) is 6.54 Å². The van der Waals surface area contributed by atoms with E-state index < -0.39 is 0 Å². The Labute approximate surface area is 92.9 Å². The molecule has 0 radical (unpaired) electrons. The van der Waals surface area contributed by atoms with E-state index in [0.29, 0.717) is 0 Å². The highest BCUT2D eigenvalue weighted by atomic mass is 15.3. The van der Waals surface area contributed by atoms with Gasteiger partial charge >= 0.3 is 0 Å². The largest absolute Gasteiger partial charge is 0.301 e. The van der Waals surface area contributed by atoms with E-state index in [0.717, 1.165) is 19.0 Å². The molecule has 0 saturated carbocycles. The predicted octanol–water partition coefficient (Wildman–Crippen LogP) is -0.127. The van der Waals surface area contributed by atoms with Gasteiger partial charge < -0.3 is 4.90 Å². The van der Waals surface area contributed by atoms with Gasteiger partial charge in [-0.05, 0) is 25.3 Å². The lowest BCUT2D eigenvalue weighted by molar-refractivity contribution is 0.176. The number of hydrogen-bond acceptors (Lipinski definition) is 2. The summed E-state index contributed by atoms with van der Waals surface area (Å²) in [6, 6.07) is 0. The highest BCUT2D eigenvalue weighted by molar-refractivity contribution is 6.31. The Hall–Kier alpha value is -0.765. The molecule has 2 rings (SSSR count). The summed E-state index contributed by atoms with van der Waals surface area (Å²) in [4.78, 5) is 2.56. The van der Waals surface area contributed by atoms with E-state index in [1.165, 1.54) is 31.4 Å². The molecule has 1 aromatic heterocycles. The summed E-state index contributed by atoms with van der Waals surface area (Å²) in [5, 5.41) is 4.31. The lowest BCUT2D eigenvalue weighted by Crippen LogP contribution is -2.36. The molecule has 1 saturated heterocycles. The fourth-order valence-electron chi connectivity index (χ4n) is 2.32. The van der Waals surface area contributed by atoms with Crippen LogP contribution in [-0.2, 0) is 6.54 Å². The van der Waals surface area contributed by atoms with Crippen molar-refractivity contribution in [2.24, 2.45) is 5.92 Å². The van der Waals surface area contributed by atoms with Crippen LogP contribution in [0.1, 0.15) is 19.8 Å². The summed E-state index contributed by atoms with van der Waals surface area (Å²) < 4.78 is 2.05. The van der Waals surface area contributed by atoms with Gasteiger partial charge in [-0.1, -0.05) is 12.4 Å². The molecule has 0 amide bonds. The van der Waals surface area contributed by atoms with E-state index in [1.807, 2.05) is 6.20 Å². The summed E-state index contributed by atoms with van der Waals surface area (Å²) >= 11 is 0. The van der Waals surface area contributed by atoms with E-state index in [4.69, 9.17) is 0 Å². The highest BCUT2D eigenvalue weighted by Crippen LogP contribution is 2.14. The lowest BCUT2D eigenvalue weighted by atomic mass is 10.0. The number of hydrogen-bond donors (Lipinski definition) is 0. The Kier molecular flexibility index (Phi) is 3.47. The number of nitrogens with zero attached hydrogens (tertiary/aromatic N) is 3. The van der Waals surface area contributed by atoms with Crippen LogP contribution in [0.5, 0.6) is 0 Å². The minimum absolute atomic E-state index is 0.873. The standard InChI is InChI=1S/C11H20BN3/c1-10-3-2-4-14(8-10)5-6-15-9-11(12)7-13-15/h7,9-10H,2-6,8,12H2,1H3/t10-/m1/s1. The lowest BCUT2D eigenvalue weighted by Gasteiger charge is -2.30. The van der Waals surface area contributed by atoms with Crippen molar-refractivity contribution >= 4 is 13.3 Å². The Balaban J connectivity index is 1.77. The van der Waals surface area contributed by atoms with Crippen molar-refractivity contribution in [3.05, 3.63) is 12.4 Å². The molecular formula is C11H20BN3. The average Bonchev–Trinajstić information content (AvgIpc) is 2.62. The van der Waals surface area contributed by atoms with E-state index >= 15 is 0 Å². The van der Waals surface area contributed by atoms with Crippen LogP contribution in [-0.4, -0.2) is 42.2 Å². The van der Waals surface area contributed by atoms with Crippen LogP contribution >= 0.6 is 0 Å². The van der Waals surface area contributed by atoms with Crippen molar-refractivity contribution in [3.8, 4) is 0 Å². The molecule has 82 valence electrons. The summed E-state index contributed by atoms with van der Waals surface area (Å²) in [6.45, 7) is 7.06. The molecule has 4 heteroatoms. The molecule has 1 aliphatic rings. The van der Waals surface area contributed by atoms with Crippen LogP contribution in [0.2, 0.25) is 0 Å². The average molecular weight is 205 g/mol. The van der Waals surface area contributed by atoms with Crippen LogP contribution in [0.25, 0.3) is 0 Å². The number of aromatic nitrogens is 2. The third-order valence-electron chi connectivity index (χ3n) is 3.15. The first-order chi connectivity index (χ1) is 7.24. The molecule has 0 N–H and O–H groups in total. The van der Waals surface area contributed by atoms with Crippen LogP contribution in [0.4, 0.5) is 0 Å². The van der Waals surface area contributed by atoms with Gasteiger partial charge in [0.15, 0.2) is 0 Å². The third-order valence-corrected chi connectivity index (χ3v) is 3.15. The molecule has 0 spiro atoms. The van der Waals surface area contributed by atoms with Gasteiger partial charge in [0, 0.05) is 25.5 Å². The molecule has 1 atom stereocenters.